The number of unbranched alkanes of at least 4 members (excludes halogenated alkanes) is 3. The average Bonchev–Trinajstić information content (AvgIpc) is 2.74. The Morgan fingerprint density at radius 1 is 1.10 bits per heavy atom. The molecule has 1 saturated heterocycles. The number of benzene rings is 1. The molecule has 1 aliphatic rings. The van der Waals surface area contributed by atoms with Crippen LogP contribution >= 0.6 is 0 Å². The molecule has 29 heavy (non-hydrogen) atoms. The van der Waals surface area contributed by atoms with Gasteiger partial charge in [-0.15, -0.1) is 0 Å². The van der Waals surface area contributed by atoms with Crippen LogP contribution in [0.15, 0.2) is 24.3 Å². The van der Waals surface area contributed by atoms with E-state index in [2.05, 4.69) is 22.5 Å². The Bertz CT molecular complexity index is 618. The molecule has 0 radical (unpaired) electrons. The number of methoxy groups -OCH3 is 1. The molecule has 162 valence electrons. The largest absolute Gasteiger partial charge is 0.497 e. The summed E-state index contributed by atoms with van der Waals surface area (Å²) in [5.41, 5.74) is 1.17. The topological polar surface area (TPSA) is 70.7 Å². The fraction of sp³-hybridized carbons (Fsp3) is 0.652. The molecule has 0 spiro atoms. The maximum absolute atomic E-state index is 12.4. The number of rotatable bonds is 12. The van der Waals surface area contributed by atoms with Crippen molar-refractivity contribution in [3.63, 3.8) is 0 Å². The molecule has 1 aromatic carbocycles. The smallest absolute Gasteiger partial charge is 0.234 e. The quantitative estimate of drug-likeness (QED) is 0.527. The second-order valence-electron chi connectivity index (χ2n) is 7.87. The summed E-state index contributed by atoms with van der Waals surface area (Å²) in [6, 6.07) is 7.89. The number of hydrogen-bond acceptors (Lipinski definition) is 4. The van der Waals surface area contributed by atoms with Crippen LogP contribution in [0.4, 0.5) is 0 Å². The van der Waals surface area contributed by atoms with Crippen LogP contribution in [0, 0.1) is 5.92 Å². The fourth-order valence-corrected chi connectivity index (χ4v) is 3.72. The highest BCUT2D eigenvalue weighted by atomic mass is 16.5. The van der Waals surface area contributed by atoms with Gasteiger partial charge in [0.25, 0.3) is 0 Å². The molecule has 0 saturated carbocycles. The van der Waals surface area contributed by atoms with Gasteiger partial charge in [-0.25, -0.2) is 0 Å². The van der Waals surface area contributed by atoms with Crippen molar-refractivity contribution in [1.29, 1.82) is 0 Å². The van der Waals surface area contributed by atoms with Crippen LogP contribution in [-0.2, 0) is 16.0 Å². The lowest BCUT2D eigenvalue weighted by atomic mass is 9.97. The lowest BCUT2D eigenvalue weighted by Gasteiger charge is -2.31. The van der Waals surface area contributed by atoms with Gasteiger partial charge in [-0.1, -0.05) is 38.3 Å². The van der Waals surface area contributed by atoms with E-state index in [1.54, 1.807) is 7.11 Å². The van der Waals surface area contributed by atoms with Crippen molar-refractivity contribution >= 4 is 11.8 Å². The summed E-state index contributed by atoms with van der Waals surface area (Å²) in [4.78, 5) is 26.8. The molecule has 2 rings (SSSR count). The number of ether oxygens (including phenoxy) is 1. The van der Waals surface area contributed by atoms with Gasteiger partial charge < -0.3 is 15.4 Å². The molecular weight excluding hydrogens is 366 g/mol. The van der Waals surface area contributed by atoms with Gasteiger partial charge >= 0.3 is 0 Å². The Hall–Kier alpha value is -2.08. The van der Waals surface area contributed by atoms with Gasteiger partial charge in [-0.3, -0.25) is 14.5 Å². The van der Waals surface area contributed by atoms with Crippen molar-refractivity contribution in [1.82, 2.24) is 15.5 Å². The zero-order valence-electron chi connectivity index (χ0n) is 18.0. The van der Waals surface area contributed by atoms with E-state index in [-0.39, 0.29) is 17.7 Å². The second-order valence-corrected chi connectivity index (χ2v) is 7.87. The van der Waals surface area contributed by atoms with Crippen molar-refractivity contribution in [3.8, 4) is 5.75 Å². The molecule has 6 nitrogen and oxygen atoms in total. The van der Waals surface area contributed by atoms with E-state index in [0.29, 0.717) is 19.6 Å². The van der Waals surface area contributed by atoms with Crippen LogP contribution in [-0.4, -0.2) is 56.5 Å². The first-order valence-corrected chi connectivity index (χ1v) is 11.0. The van der Waals surface area contributed by atoms with Gasteiger partial charge in [0.1, 0.15) is 5.75 Å². The van der Waals surface area contributed by atoms with E-state index in [1.165, 1.54) is 24.8 Å². The lowest BCUT2D eigenvalue weighted by Crippen LogP contribution is -2.46. The molecule has 0 bridgehead atoms. The van der Waals surface area contributed by atoms with Crippen LogP contribution in [0.5, 0.6) is 5.75 Å². The predicted molar refractivity (Wildman–Crippen MR) is 116 cm³/mol. The Labute approximate surface area is 175 Å². The second kappa shape index (κ2) is 13.2. The number of nitrogens with zero attached hydrogens (tertiary/aromatic N) is 1. The summed E-state index contributed by atoms with van der Waals surface area (Å²) in [5.74, 6) is 1.01. The van der Waals surface area contributed by atoms with E-state index in [1.807, 2.05) is 24.3 Å². The summed E-state index contributed by atoms with van der Waals surface area (Å²) in [6.45, 7) is 5.48. The molecule has 2 N–H and O–H groups in total. The molecule has 2 amide bonds. The van der Waals surface area contributed by atoms with E-state index < -0.39 is 0 Å². The average molecular weight is 404 g/mol. The Morgan fingerprint density at radius 2 is 1.90 bits per heavy atom. The SMILES string of the molecule is CCCCCCNC(=O)C1CCCN(CC(=O)NCCc2ccc(OC)cc2)C1. The summed E-state index contributed by atoms with van der Waals surface area (Å²) < 4.78 is 5.16. The highest BCUT2D eigenvalue weighted by molar-refractivity contribution is 5.80. The van der Waals surface area contributed by atoms with E-state index in [4.69, 9.17) is 4.74 Å². The molecule has 1 atom stereocenters. The van der Waals surface area contributed by atoms with Crippen LogP contribution in [0.2, 0.25) is 0 Å². The molecule has 6 heteroatoms. The minimum absolute atomic E-state index is 0.00187. The maximum Gasteiger partial charge on any atom is 0.234 e. The molecular formula is C23H37N3O3. The number of piperidine rings is 1. The Morgan fingerprint density at radius 3 is 2.62 bits per heavy atom. The first-order chi connectivity index (χ1) is 14.1. The van der Waals surface area contributed by atoms with Crippen molar-refractivity contribution < 1.29 is 14.3 Å². The zero-order valence-corrected chi connectivity index (χ0v) is 18.0. The molecule has 0 aliphatic carbocycles. The molecule has 1 aliphatic heterocycles. The van der Waals surface area contributed by atoms with E-state index in [0.717, 1.165) is 44.5 Å². The highest BCUT2D eigenvalue weighted by Gasteiger charge is 2.26. The van der Waals surface area contributed by atoms with Gasteiger partial charge in [0.05, 0.1) is 19.6 Å². The summed E-state index contributed by atoms with van der Waals surface area (Å²) >= 11 is 0. The molecule has 1 aromatic rings. The molecule has 1 fully saturated rings. The van der Waals surface area contributed by atoms with Gasteiger partial charge in [-0.05, 0) is 49.9 Å². The molecule has 0 aromatic heterocycles. The van der Waals surface area contributed by atoms with Gasteiger partial charge in [0.2, 0.25) is 11.8 Å². The number of amides is 2. The van der Waals surface area contributed by atoms with Crippen LogP contribution < -0.4 is 15.4 Å². The number of likely N-dealkylation sites (tertiary alicyclic amines) is 1. The first kappa shape index (κ1) is 23.2. The van der Waals surface area contributed by atoms with Crippen molar-refractivity contribution in [3.05, 3.63) is 29.8 Å². The Balaban J connectivity index is 1.64. The lowest BCUT2D eigenvalue weighted by molar-refractivity contribution is -0.128. The minimum atomic E-state index is 0.00187. The van der Waals surface area contributed by atoms with Gasteiger partial charge in [0, 0.05) is 19.6 Å². The number of carbonyl (C=O) groups excluding carboxylic acids is 2. The minimum Gasteiger partial charge on any atom is -0.497 e. The van der Waals surface area contributed by atoms with Crippen LogP contribution in [0.25, 0.3) is 0 Å². The van der Waals surface area contributed by atoms with Crippen molar-refractivity contribution in [2.24, 2.45) is 5.92 Å². The van der Waals surface area contributed by atoms with Gasteiger partial charge in [-0.2, -0.15) is 0 Å². The predicted octanol–water partition coefficient (Wildman–Crippen LogP) is 2.76. The Kier molecular flexibility index (Phi) is 10.6. The number of carbonyl (C=O) groups is 2. The summed E-state index contributed by atoms with van der Waals surface area (Å²) in [5, 5.41) is 6.06. The number of hydrogen-bond donors (Lipinski definition) is 2. The monoisotopic (exact) mass is 403 g/mol. The normalized spacial score (nSPS) is 17.0. The molecule has 1 heterocycles. The van der Waals surface area contributed by atoms with E-state index >= 15 is 0 Å². The maximum atomic E-state index is 12.4. The zero-order chi connectivity index (χ0) is 20.9. The summed E-state index contributed by atoms with van der Waals surface area (Å²) in [7, 11) is 1.65. The first-order valence-electron chi connectivity index (χ1n) is 11.0. The van der Waals surface area contributed by atoms with Crippen molar-refractivity contribution in [2.45, 2.75) is 51.9 Å². The summed E-state index contributed by atoms with van der Waals surface area (Å²) in [6.07, 6.45) is 7.31. The third-order valence-electron chi connectivity index (χ3n) is 5.47. The fourth-order valence-electron chi connectivity index (χ4n) is 3.72. The van der Waals surface area contributed by atoms with Gasteiger partial charge in [0.15, 0.2) is 0 Å². The molecule has 1 unspecified atom stereocenters. The van der Waals surface area contributed by atoms with E-state index in [9.17, 15) is 9.59 Å². The number of nitrogens with one attached hydrogen (secondary N) is 2. The third kappa shape index (κ3) is 8.86. The van der Waals surface area contributed by atoms with Crippen LogP contribution in [0.3, 0.4) is 0 Å². The highest BCUT2D eigenvalue weighted by Crippen LogP contribution is 2.16. The third-order valence-corrected chi connectivity index (χ3v) is 5.47. The van der Waals surface area contributed by atoms with Crippen molar-refractivity contribution in [2.75, 3.05) is 39.8 Å². The van der Waals surface area contributed by atoms with Crippen LogP contribution in [0.1, 0.15) is 51.0 Å². The standard InChI is InChI=1S/C23H37N3O3/c1-3-4-5-6-14-25-23(28)20-8-7-16-26(17-20)18-22(27)24-15-13-19-9-11-21(29-2)12-10-19/h9-12,20H,3-8,13-18H2,1-2H3,(H,24,27)(H,25,28).